The van der Waals surface area contributed by atoms with Crippen molar-refractivity contribution in [3.63, 3.8) is 0 Å². The van der Waals surface area contributed by atoms with Crippen molar-refractivity contribution in [2.75, 3.05) is 5.88 Å². The predicted octanol–water partition coefficient (Wildman–Crippen LogP) is 3.55. The number of nitrogens with zero attached hydrogens (tertiary/aromatic N) is 1. The van der Waals surface area contributed by atoms with Gasteiger partial charge in [-0.3, -0.25) is 0 Å². The summed E-state index contributed by atoms with van der Waals surface area (Å²) in [5.41, 5.74) is 8.87. The number of aliphatic imine (C=N–C) groups is 1. The van der Waals surface area contributed by atoms with Gasteiger partial charge in [0.2, 0.25) is 0 Å². The van der Waals surface area contributed by atoms with Crippen molar-refractivity contribution < 1.29 is 0 Å². The Morgan fingerprint density at radius 1 is 1.53 bits per heavy atom. The third-order valence-electron chi connectivity index (χ3n) is 2.12. The Labute approximate surface area is 104 Å². The normalized spacial score (nSPS) is 11.9. The van der Waals surface area contributed by atoms with E-state index in [1.807, 2.05) is 13.0 Å². The number of alkyl halides is 1. The van der Waals surface area contributed by atoms with Gasteiger partial charge in [0.15, 0.2) is 0 Å². The molecule has 0 aliphatic carbocycles. The molecule has 0 fully saturated rings. The van der Waals surface area contributed by atoms with E-state index in [1.165, 1.54) is 5.56 Å². The van der Waals surface area contributed by atoms with Gasteiger partial charge in [0.1, 0.15) is 5.84 Å². The molecule has 1 aromatic carbocycles. The minimum absolute atomic E-state index is 0.263. The molecule has 1 aromatic rings. The van der Waals surface area contributed by atoms with Crippen LogP contribution in [-0.2, 0) is 6.42 Å². The van der Waals surface area contributed by atoms with E-state index in [4.69, 9.17) is 17.3 Å². The van der Waals surface area contributed by atoms with E-state index >= 15 is 0 Å². The van der Waals surface area contributed by atoms with Gasteiger partial charge in [-0.15, -0.1) is 11.6 Å². The van der Waals surface area contributed by atoms with Crippen molar-refractivity contribution >= 4 is 39.1 Å². The molecule has 0 aliphatic rings. The average molecular weight is 290 g/mol. The quantitative estimate of drug-likeness (QED) is 0.516. The number of halogens is 2. The van der Waals surface area contributed by atoms with Crippen LogP contribution in [0, 0.1) is 6.92 Å². The summed E-state index contributed by atoms with van der Waals surface area (Å²) in [5, 5.41) is 0. The second-order valence-electron chi connectivity index (χ2n) is 3.32. The fraction of sp³-hybridized carbons (Fsp3) is 0.364. The molecule has 0 saturated carbocycles. The van der Waals surface area contributed by atoms with Crippen molar-refractivity contribution in [1.29, 1.82) is 0 Å². The molecule has 0 radical (unpaired) electrons. The highest BCUT2D eigenvalue weighted by atomic mass is 79.9. The van der Waals surface area contributed by atoms with E-state index in [1.54, 1.807) is 0 Å². The Morgan fingerprint density at radius 2 is 2.20 bits per heavy atom. The van der Waals surface area contributed by atoms with E-state index in [0.29, 0.717) is 5.84 Å². The lowest BCUT2D eigenvalue weighted by atomic mass is 10.1. The van der Waals surface area contributed by atoms with Crippen molar-refractivity contribution in [2.24, 2.45) is 10.7 Å². The van der Waals surface area contributed by atoms with Crippen molar-refractivity contribution in [2.45, 2.75) is 20.3 Å². The third-order valence-corrected chi connectivity index (χ3v) is 2.85. The molecule has 0 heterocycles. The van der Waals surface area contributed by atoms with Crippen molar-refractivity contribution in [3.05, 3.63) is 27.7 Å². The van der Waals surface area contributed by atoms with Gasteiger partial charge < -0.3 is 5.73 Å². The number of hydrogen-bond donors (Lipinski definition) is 1. The Morgan fingerprint density at radius 3 is 2.73 bits per heavy atom. The number of rotatable bonds is 3. The number of amidine groups is 1. The maximum absolute atomic E-state index is 5.64. The van der Waals surface area contributed by atoms with Crippen molar-refractivity contribution in [3.8, 4) is 0 Å². The second-order valence-corrected chi connectivity index (χ2v) is 4.50. The number of benzene rings is 1. The number of hydrogen-bond acceptors (Lipinski definition) is 1. The zero-order valence-electron chi connectivity index (χ0n) is 8.85. The molecule has 0 amide bonds. The minimum Gasteiger partial charge on any atom is -0.386 e. The highest BCUT2D eigenvalue weighted by molar-refractivity contribution is 9.10. The summed E-state index contributed by atoms with van der Waals surface area (Å²) in [7, 11) is 0. The maximum atomic E-state index is 5.64. The lowest BCUT2D eigenvalue weighted by Crippen LogP contribution is -2.12. The van der Waals surface area contributed by atoms with Crippen LogP contribution in [0.3, 0.4) is 0 Å². The molecular weight excluding hydrogens is 275 g/mol. The van der Waals surface area contributed by atoms with Crippen LogP contribution in [0.1, 0.15) is 18.1 Å². The Kier molecular flexibility index (Phi) is 4.61. The number of aryl methyl sites for hydroxylation is 2. The van der Waals surface area contributed by atoms with E-state index < -0.39 is 0 Å². The molecule has 0 unspecified atom stereocenters. The molecule has 0 saturated heterocycles. The lowest BCUT2D eigenvalue weighted by molar-refractivity contribution is 1.12. The summed E-state index contributed by atoms with van der Waals surface area (Å²) in [6, 6.07) is 4.09. The third kappa shape index (κ3) is 3.21. The molecular formula is C11H14BrClN2. The van der Waals surface area contributed by atoms with Gasteiger partial charge >= 0.3 is 0 Å². The smallest absolute Gasteiger partial charge is 0.115 e. The van der Waals surface area contributed by atoms with E-state index in [2.05, 4.69) is 33.9 Å². The molecule has 0 aliphatic heterocycles. The Hall–Kier alpha value is -0.540. The standard InChI is InChI=1S/C11H14BrClN2/c1-3-8-5-9(12)4-7(2)11(8)15-10(14)6-13/h4-5H,3,6H2,1-2H3,(H2,14,15). The lowest BCUT2D eigenvalue weighted by Gasteiger charge is -2.08. The Bertz CT molecular complexity index is 388. The first kappa shape index (κ1) is 12.5. The van der Waals surface area contributed by atoms with Gasteiger partial charge in [-0.05, 0) is 36.6 Å². The Balaban J connectivity index is 3.27. The summed E-state index contributed by atoms with van der Waals surface area (Å²) in [4.78, 5) is 4.33. The molecule has 0 aromatic heterocycles. The molecule has 0 spiro atoms. The van der Waals surface area contributed by atoms with E-state index in [0.717, 1.165) is 22.1 Å². The summed E-state index contributed by atoms with van der Waals surface area (Å²) in [6.45, 7) is 4.11. The first-order valence-electron chi connectivity index (χ1n) is 4.76. The highest BCUT2D eigenvalue weighted by Crippen LogP contribution is 2.28. The maximum Gasteiger partial charge on any atom is 0.115 e. The molecule has 4 heteroatoms. The van der Waals surface area contributed by atoms with Crippen LogP contribution >= 0.6 is 27.5 Å². The van der Waals surface area contributed by atoms with Crippen LogP contribution in [0.2, 0.25) is 0 Å². The van der Waals surface area contributed by atoms with Gasteiger partial charge in [0, 0.05) is 4.47 Å². The molecule has 0 bridgehead atoms. The van der Waals surface area contributed by atoms with Crippen molar-refractivity contribution in [1.82, 2.24) is 0 Å². The van der Waals surface area contributed by atoms with Crippen LogP contribution < -0.4 is 5.73 Å². The summed E-state index contributed by atoms with van der Waals surface area (Å²) < 4.78 is 1.07. The van der Waals surface area contributed by atoms with Gasteiger partial charge in [-0.25, -0.2) is 4.99 Å². The fourth-order valence-electron chi connectivity index (χ4n) is 1.41. The summed E-state index contributed by atoms with van der Waals surface area (Å²) in [6.07, 6.45) is 0.925. The van der Waals surface area contributed by atoms with Gasteiger partial charge in [0.25, 0.3) is 0 Å². The van der Waals surface area contributed by atoms with E-state index in [-0.39, 0.29) is 5.88 Å². The minimum atomic E-state index is 0.263. The average Bonchev–Trinajstić information content (AvgIpc) is 2.21. The highest BCUT2D eigenvalue weighted by Gasteiger charge is 2.05. The number of nitrogens with two attached hydrogens (primary N) is 1. The molecule has 2 nitrogen and oxygen atoms in total. The van der Waals surface area contributed by atoms with Gasteiger partial charge in [-0.1, -0.05) is 22.9 Å². The van der Waals surface area contributed by atoms with Crippen LogP contribution in [0.25, 0.3) is 0 Å². The first-order chi connectivity index (χ1) is 7.08. The zero-order valence-corrected chi connectivity index (χ0v) is 11.2. The molecule has 0 atom stereocenters. The molecule has 2 N–H and O–H groups in total. The summed E-state index contributed by atoms with van der Waals surface area (Å²) >= 11 is 9.08. The van der Waals surface area contributed by atoms with Gasteiger partial charge in [-0.2, -0.15) is 0 Å². The SMILES string of the molecule is CCc1cc(Br)cc(C)c1N=C(N)CCl. The topological polar surface area (TPSA) is 38.4 Å². The molecule has 82 valence electrons. The monoisotopic (exact) mass is 288 g/mol. The molecule has 15 heavy (non-hydrogen) atoms. The largest absolute Gasteiger partial charge is 0.386 e. The second kappa shape index (κ2) is 5.52. The van der Waals surface area contributed by atoms with E-state index in [9.17, 15) is 0 Å². The van der Waals surface area contributed by atoms with Crippen LogP contribution in [0.4, 0.5) is 5.69 Å². The summed E-state index contributed by atoms with van der Waals surface area (Å²) in [5.74, 6) is 0.718. The van der Waals surface area contributed by atoms with Crippen LogP contribution in [0.5, 0.6) is 0 Å². The first-order valence-corrected chi connectivity index (χ1v) is 6.09. The zero-order chi connectivity index (χ0) is 11.4. The van der Waals surface area contributed by atoms with Gasteiger partial charge in [0.05, 0.1) is 11.6 Å². The fourth-order valence-corrected chi connectivity index (χ4v) is 2.09. The predicted molar refractivity (Wildman–Crippen MR) is 70.3 cm³/mol. The molecule has 1 rings (SSSR count). The van der Waals surface area contributed by atoms with Crippen LogP contribution in [0.15, 0.2) is 21.6 Å². The van der Waals surface area contributed by atoms with Crippen LogP contribution in [-0.4, -0.2) is 11.7 Å².